The first-order chi connectivity index (χ1) is 7.27. The normalized spacial score (nSPS) is 21.1. The Bertz CT molecular complexity index is 319. The van der Waals surface area contributed by atoms with Gasteiger partial charge in [0.2, 0.25) is 6.43 Å². The van der Waals surface area contributed by atoms with Crippen LogP contribution in [0.15, 0.2) is 24.3 Å². The molecule has 0 amide bonds. The minimum Gasteiger partial charge on any atom is -0.310 e. The minimum absolute atomic E-state index is 0.131. The lowest BCUT2D eigenvalue weighted by atomic mass is 9.97. The summed E-state index contributed by atoms with van der Waals surface area (Å²) in [5, 5.41) is 3.34. The molecule has 82 valence electrons. The molecule has 1 aromatic carbocycles. The van der Waals surface area contributed by atoms with Crippen molar-refractivity contribution in [2.75, 3.05) is 6.54 Å². The van der Waals surface area contributed by atoms with Crippen molar-refractivity contribution in [2.24, 2.45) is 0 Å². The molecule has 0 radical (unpaired) electrons. The molecule has 1 N–H and O–H groups in total. The van der Waals surface area contributed by atoms with E-state index in [0.29, 0.717) is 0 Å². The summed E-state index contributed by atoms with van der Waals surface area (Å²) in [5.74, 6) is 0. The van der Waals surface area contributed by atoms with Gasteiger partial charge in [0.1, 0.15) is 0 Å². The van der Waals surface area contributed by atoms with Gasteiger partial charge < -0.3 is 5.32 Å². The topological polar surface area (TPSA) is 12.0 Å². The molecule has 0 bridgehead atoms. The molecule has 0 aliphatic carbocycles. The van der Waals surface area contributed by atoms with Gasteiger partial charge in [0.25, 0.3) is 0 Å². The first kappa shape index (κ1) is 10.6. The molecule has 15 heavy (non-hydrogen) atoms. The van der Waals surface area contributed by atoms with Crippen LogP contribution in [0, 0.1) is 0 Å². The summed E-state index contributed by atoms with van der Waals surface area (Å²) >= 11 is 0. The zero-order valence-corrected chi connectivity index (χ0v) is 8.55. The van der Waals surface area contributed by atoms with Gasteiger partial charge in [-0.05, 0) is 30.5 Å². The van der Waals surface area contributed by atoms with Crippen molar-refractivity contribution < 1.29 is 8.78 Å². The molecule has 1 aromatic rings. The summed E-state index contributed by atoms with van der Waals surface area (Å²) in [6, 6.07) is 7.79. The summed E-state index contributed by atoms with van der Waals surface area (Å²) < 4.78 is 24.7. The standard InChI is InChI=1S/C12H15F2N/c13-12(14)8-9-4-1-2-5-10(9)11-6-3-7-15-11/h1-2,4-5,11-12,15H,3,6-8H2. The lowest BCUT2D eigenvalue weighted by Gasteiger charge is -2.15. The largest absolute Gasteiger partial charge is 0.310 e. The van der Waals surface area contributed by atoms with Gasteiger partial charge in [-0.1, -0.05) is 24.3 Å². The number of halogens is 2. The van der Waals surface area contributed by atoms with E-state index in [9.17, 15) is 8.78 Å². The Morgan fingerprint density at radius 1 is 1.33 bits per heavy atom. The van der Waals surface area contributed by atoms with Crippen LogP contribution in [-0.4, -0.2) is 13.0 Å². The van der Waals surface area contributed by atoms with Gasteiger partial charge in [-0.15, -0.1) is 0 Å². The first-order valence-corrected chi connectivity index (χ1v) is 5.36. The molecule has 1 heterocycles. The van der Waals surface area contributed by atoms with E-state index in [1.165, 1.54) is 0 Å². The van der Waals surface area contributed by atoms with Gasteiger partial charge in [-0.2, -0.15) is 0 Å². The van der Waals surface area contributed by atoms with Crippen molar-refractivity contribution in [1.29, 1.82) is 0 Å². The van der Waals surface area contributed by atoms with E-state index in [1.807, 2.05) is 24.3 Å². The summed E-state index contributed by atoms with van der Waals surface area (Å²) in [7, 11) is 0. The third kappa shape index (κ3) is 2.53. The summed E-state index contributed by atoms with van der Waals surface area (Å²) in [5.41, 5.74) is 1.84. The number of hydrogen-bond donors (Lipinski definition) is 1. The highest BCUT2D eigenvalue weighted by molar-refractivity contribution is 5.31. The lowest BCUT2D eigenvalue weighted by molar-refractivity contribution is 0.148. The Labute approximate surface area is 88.5 Å². The Hall–Kier alpha value is -0.960. The highest BCUT2D eigenvalue weighted by Crippen LogP contribution is 2.27. The van der Waals surface area contributed by atoms with Crippen molar-refractivity contribution >= 4 is 0 Å². The number of hydrogen-bond acceptors (Lipinski definition) is 1. The predicted octanol–water partition coefficient (Wildman–Crippen LogP) is 2.92. The first-order valence-electron chi connectivity index (χ1n) is 5.36. The molecular weight excluding hydrogens is 196 g/mol. The number of nitrogens with one attached hydrogen (secondary N) is 1. The fourth-order valence-corrected chi connectivity index (χ4v) is 2.18. The van der Waals surface area contributed by atoms with Crippen molar-refractivity contribution in [3.8, 4) is 0 Å². The van der Waals surface area contributed by atoms with Crippen molar-refractivity contribution in [3.05, 3.63) is 35.4 Å². The van der Waals surface area contributed by atoms with E-state index in [4.69, 9.17) is 0 Å². The smallest absolute Gasteiger partial charge is 0.242 e. The minimum atomic E-state index is -2.26. The lowest BCUT2D eigenvalue weighted by Crippen LogP contribution is -2.15. The second-order valence-electron chi connectivity index (χ2n) is 3.94. The molecule has 1 saturated heterocycles. The van der Waals surface area contributed by atoms with Gasteiger partial charge in [-0.3, -0.25) is 0 Å². The van der Waals surface area contributed by atoms with Crippen LogP contribution in [0.2, 0.25) is 0 Å². The summed E-state index contributed by atoms with van der Waals surface area (Å²) in [6.45, 7) is 0.994. The van der Waals surface area contributed by atoms with Crippen LogP contribution in [0.5, 0.6) is 0 Å². The second kappa shape index (κ2) is 4.71. The molecule has 2 rings (SSSR count). The van der Waals surface area contributed by atoms with Crippen LogP contribution in [-0.2, 0) is 6.42 Å². The van der Waals surface area contributed by atoms with Crippen molar-refractivity contribution in [3.63, 3.8) is 0 Å². The van der Waals surface area contributed by atoms with Gasteiger partial charge in [0.05, 0.1) is 0 Å². The number of benzene rings is 1. The number of alkyl halides is 2. The zero-order chi connectivity index (χ0) is 10.7. The van der Waals surface area contributed by atoms with Crippen LogP contribution < -0.4 is 5.32 Å². The third-order valence-electron chi connectivity index (χ3n) is 2.87. The Kier molecular flexibility index (Phi) is 3.31. The van der Waals surface area contributed by atoms with Gasteiger partial charge in [0.15, 0.2) is 0 Å². The van der Waals surface area contributed by atoms with Crippen LogP contribution in [0.4, 0.5) is 8.78 Å². The van der Waals surface area contributed by atoms with E-state index >= 15 is 0 Å². The molecule has 1 nitrogen and oxygen atoms in total. The molecule has 1 atom stereocenters. The van der Waals surface area contributed by atoms with Gasteiger partial charge >= 0.3 is 0 Å². The zero-order valence-electron chi connectivity index (χ0n) is 8.55. The molecule has 3 heteroatoms. The Morgan fingerprint density at radius 2 is 2.13 bits per heavy atom. The average molecular weight is 211 g/mol. The third-order valence-corrected chi connectivity index (χ3v) is 2.87. The Morgan fingerprint density at radius 3 is 2.80 bits per heavy atom. The predicted molar refractivity (Wildman–Crippen MR) is 56.1 cm³/mol. The SMILES string of the molecule is FC(F)Cc1ccccc1C1CCCN1. The highest BCUT2D eigenvalue weighted by Gasteiger charge is 2.19. The van der Waals surface area contributed by atoms with Gasteiger partial charge in [-0.25, -0.2) is 8.78 Å². The quantitative estimate of drug-likeness (QED) is 0.810. The van der Waals surface area contributed by atoms with Crippen molar-refractivity contribution in [2.45, 2.75) is 31.7 Å². The van der Waals surface area contributed by atoms with Crippen LogP contribution in [0.3, 0.4) is 0 Å². The molecule has 0 spiro atoms. The molecular formula is C12H15F2N. The van der Waals surface area contributed by atoms with E-state index in [2.05, 4.69) is 5.32 Å². The maximum atomic E-state index is 12.4. The average Bonchev–Trinajstić information content (AvgIpc) is 2.70. The van der Waals surface area contributed by atoms with Crippen molar-refractivity contribution in [1.82, 2.24) is 5.32 Å². The molecule has 1 aliphatic rings. The summed E-state index contributed by atoms with van der Waals surface area (Å²) in [4.78, 5) is 0. The Balaban J connectivity index is 2.20. The van der Waals surface area contributed by atoms with Crippen LogP contribution in [0.25, 0.3) is 0 Å². The maximum absolute atomic E-state index is 12.4. The second-order valence-corrected chi connectivity index (χ2v) is 3.94. The van der Waals surface area contributed by atoms with E-state index in [1.54, 1.807) is 0 Å². The fourth-order valence-electron chi connectivity index (χ4n) is 2.18. The summed E-state index contributed by atoms with van der Waals surface area (Å²) in [6.07, 6.45) is -0.199. The van der Waals surface area contributed by atoms with Crippen LogP contribution >= 0.6 is 0 Å². The van der Waals surface area contributed by atoms with Crippen LogP contribution in [0.1, 0.15) is 30.0 Å². The molecule has 1 aliphatic heterocycles. The van der Waals surface area contributed by atoms with E-state index in [0.717, 1.165) is 30.5 Å². The number of rotatable bonds is 3. The maximum Gasteiger partial charge on any atom is 0.242 e. The molecule has 0 aromatic heterocycles. The molecule has 1 fully saturated rings. The van der Waals surface area contributed by atoms with E-state index in [-0.39, 0.29) is 12.5 Å². The monoisotopic (exact) mass is 211 g/mol. The van der Waals surface area contributed by atoms with Gasteiger partial charge in [0, 0.05) is 12.5 Å². The highest BCUT2D eigenvalue weighted by atomic mass is 19.3. The van der Waals surface area contributed by atoms with E-state index < -0.39 is 6.43 Å². The fraction of sp³-hybridized carbons (Fsp3) is 0.500. The molecule has 1 unspecified atom stereocenters. The molecule has 0 saturated carbocycles.